The molecule has 2 nitrogen and oxygen atoms in total. The molecule has 1 aromatic rings. The Morgan fingerprint density at radius 2 is 2.25 bits per heavy atom. The van der Waals surface area contributed by atoms with Gasteiger partial charge >= 0.3 is 0 Å². The number of benzene rings is 1. The number of amides is 1. The summed E-state index contributed by atoms with van der Waals surface area (Å²) in [5.74, 6) is -0.911. The molecule has 5 heteroatoms. The Balaban J connectivity index is 2.96. The van der Waals surface area contributed by atoms with E-state index < -0.39 is 5.82 Å². The maximum Gasteiger partial charge on any atom is 0.257 e. The van der Waals surface area contributed by atoms with Gasteiger partial charge in [0.05, 0.1) is 5.56 Å². The van der Waals surface area contributed by atoms with E-state index in [1.165, 1.54) is 11.0 Å². The number of rotatable bonds is 3. The molecule has 0 aliphatic heterocycles. The van der Waals surface area contributed by atoms with E-state index >= 15 is 0 Å². The van der Waals surface area contributed by atoms with Gasteiger partial charge in [0, 0.05) is 23.4 Å². The SMILES string of the molecule is CC(Cl)CN(C)C(=O)c1c(F)cccc1Br. The Hall–Kier alpha value is -0.610. The minimum atomic E-state index is -0.534. The van der Waals surface area contributed by atoms with Gasteiger partial charge in [-0.15, -0.1) is 11.6 Å². The third-order valence-electron chi connectivity index (χ3n) is 2.05. The van der Waals surface area contributed by atoms with Crippen LogP contribution in [0.25, 0.3) is 0 Å². The van der Waals surface area contributed by atoms with E-state index in [0.29, 0.717) is 11.0 Å². The van der Waals surface area contributed by atoms with Crippen molar-refractivity contribution >= 4 is 33.4 Å². The summed E-state index contributed by atoms with van der Waals surface area (Å²) in [5.41, 5.74) is 0.0438. The van der Waals surface area contributed by atoms with Crippen LogP contribution in [0.3, 0.4) is 0 Å². The minimum Gasteiger partial charge on any atom is -0.340 e. The lowest BCUT2D eigenvalue weighted by Crippen LogP contribution is -2.32. The molecular formula is C11H12BrClFNO. The standard InChI is InChI=1S/C11H12BrClFNO/c1-7(13)6-15(2)11(16)10-8(12)4-3-5-9(10)14/h3-5,7H,6H2,1-2H3. The first kappa shape index (κ1) is 13.5. The molecule has 0 saturated heterocycles. The van der Waals surface area contributed by atoms with E-state index in [-0.39, 0.29) is 16.8 Å². The minimum absolute atomic E-state index is 0.0438. The lowest BCUT2D eigenvalue weighted by molar-refractivity contribution is 0.0790. The summed E-state index contributed by atoms with van der Waals surface area (Å²) in [6, 6.07) is 4.44. The molecule has 0 saturated carbocycles. The van der Waals surface area contributed by atoms with E-state index in [9.17, 15) is 9.18 Å². The fourth-order valence-corrected chi connectivity index (χ4v) is 2.07. The molecule has 0 radical (unpaired) electrons. The zero-order valence-electron chi connectivity index (χ0n) is 9.01. The summed E-state index contributed by atoms with van der Waals surface area (Å²) < 4.78 is 13.9. The normalized spacial score (nSPS) is 12.3. The molecule has 0 aliphatic carbocycles. The molecule has 0 heterocycles. The van der Waals surface area contributed by atoms with Gasteiger partial charge in [-0.3, -0.25) is 4.79 Å². The van der Waals surface area contributed by atoms with Crippen LogP contribution in [0, 0.1) is 5.82 Å². The van der Waals surface area contributed by atoms with E-state index in [1.54, 1.807) is 26.1 Å². The highest BCUT2D eigenvalue weighted by molar-refractivity contribution is 9.10. The number of hydrogen-bond acceptors (Lipinski definition) is 1. The second-order valence-electron chi connectivity index (χ2n) is 3.56. The van der Waals surface area contributed by atoms with Crippen molar-refractivity contribution in [3.8, 4) is 0 Å². The molecule has 88 valence electrons. The van der Waals surface area contributed by atoms with Crippen molar-refractivity contribution in [1.82, 2.24) is 4.90 Å². The van der Waals surface area contributed by atoms with Gasteiger partial charge in [0.1, 0.15) is 5.82 Å². The van der Waals surface area contributed by atoms with Crippen LogP contribution in [-0.4, -0.2) is 29.8 Å². The van der Waals surface area contributed by atoms with Crippen LogP contribution in [-0.2, 0) is 0 Å². The van der Waals surface area contributed by atoms with E-state index in [2.05, 4.69) is 15.9 Å². The number of halogens is 3. The van der Waals surface area contributed by atoms with Crippen LogP contribution in [0.4, 0.5) is 4.39 Å². The van der Waals surface area contributed by atoms with E-state index in [0.717, 1.165) is 0 Å². The Morgan fingerprint density at radius 3 is 2.75 bits per heavy atom. The Bertz CT molecular complexity index is 377. The first-order valence-electron chi connectivity index (χ1n) is 4.77. The van der Waals surface area contributed by atoms with Crippen molar-refractivity contribution in [3.63, 3.8) is 0 Å². The van der Waals surface area contributed by atoms with Crippen LogP contribution in [0.15, 0.2) is 22.7 Å². The molecule has 0 aliphatic rings. The first-order chi connectivity index (χ1) is 7.43. The molecule has 1 amide bonds. The van der Waals surface area contributed by atoms with Crippen molar-refractivity contribution in [2.45, 2.75) is 12.3 Å². The van der Waals surface area contributed by atoms with Crippen molar-refractivity contribution in [3.05, 3.63) is 34.1 Å². The number of alkyl halides is 1. The molecule has 0 bridgehead atoms. The third kappa shape index (κ3) is 3.19. The van der Waals surface area contributed by atoms with E-state index in [1.807, 2.05) is 0 Å². The fourth-order valence-electron chi connectivity index (χ4n) is 1.35. The molecule has 0 fully saturated rings. The van der Waals surface area contributed by atoms with Gasteiger partial charge in [0.15, 0.2) is 0 Å². The van der Waals surface area contributed by atoms with E-state index in [4.69, 9.17) is 11.6 Å². The summed E-state index contributed by atoms with van der Waals surface area (Å²) >= 11 is 8.95. The predicted octanol–water partition coefficient (Wildman–Crippen LogP) is 3.29. The summed E-state index contributed by atoms with van der Waals surface area (Å²) in [6.07, 6.45) is 0. The summed E-state index contributed by atoms with van der Waals surface area (Å²) in [6.45, 7) is 2.16. The van der Waals surface area contributed by atoms with Gasteiger partial charge < -0.3 is 4.90 Å². The van der Waals surface area contributed by atoms with Gasteiger partial charge in [0.2, 0.25) is 0 Å². The van der Waals surface area contributed by atoms with Gasteiger partial charge in [-0.05, 0) is 35.0 Å². The molecule has 0 N–H and O–H groups in total. The molecule has 1 unspecified atom stereocenters. The number of nitrogens with zero attached hydrogens (tertiary/aromatic N) is 1. The molecule has 1 aromatic carbocycles. The number of hydrogen-bond donors (Lipinski definition) is 0. The molecule has 0 aromatic heterocycles. The second kappa shape index (κ2) is 5.64. The van der Waals surface area contributed by atoms with Crippen molar-refractivity contribution in [1.29, 1.82) is 0 Å². The Kier molecular flexibility index (Phi) is 4.74. The average molecular weight is 309 g/mol. The number of carbonyl (C=O) groups is 1. The maximum atomic E-state index is 13.5. The lowest BCUT2D eigenvalue weighted by atomic mass is 10.2. The molecule has 1 atom stereocenters. The van der Waals surface area contributed by atoms with Crippen LogP contribution in [0.5, 0.6) is 0 Å². The van der Waals surface area contributed by atoms with Gasteiger partial charge in [-0.1, -0.05) is 6.07 Å². The van der Waals surface area contributed by atoms with Crippen LogP contribution in [0.2, 0.25) is 0 Å². The van der Waals surface area contributed by atoms with Gasteiger partial charge in [0.25, 0.3) is 5.91 Å². The molecular weight excluding hydrogens is 296 g/mol. The zero-order chi connectivity index (χ0) is 12.3. The summed E-state index contributed by atoms with van der Waals surface area (Å²) in [4.78, 5) is 13.3. The molecule has 1 rings (SSSR count). The molecule has 16 heavy (non-hydrogen) atoms. The van der Waals surface area contributed by atoms with Crippen LogP contribution < -0.4 is 0 Å². The maximum absolute atomic E-state index is 13.5. The monoisotopic (exact) mass is 307 g/mol. The van der Waals surface area contributed by atoms with Crippen LogP contribution in [0.1, 0.15) is 17.3 Å². The molecule has 0 spiro atoms. The van der Waals surface area contributed by atoms with Crippen LogP contribution >= 0.6 is 27.5 Å². The third-order valence-corrected chi connectivity index (χ3v) is 2.85. The number of carbonyl (C=O) groups excluding carboxylic acids is 1. The van der Waals surface area contributed by atoms with Crippen molar-refractivity contribution in [2.24, 2.45) is 0 Å². The highest BCUT2D eigenvalue weighted by atomic mass is 79.9. The zero-order valence-corrected chi connectivity index (χ0v) is 11.3. The smallest absolute Gasteiger partial charge is 0.257 e. The fraction of sp³-hybridized carbons (Fsp3) is 0.364. The van der Waals surface area contributed by atoms with Gasteiger partial charge in [-0.25, -0.2) is 4.39 Å². The van der Waals surface area contributed by atoms with Gasteiger partial charge in [-0.2, -0.15) is 0 Å². The Morgan fingerprint density at radius 1 is 1.62 bits per heavy atom. The second-order valence-corrected chi connectivity index (χ2v) is 5.16. The summed E-state index contributed by atoms with van der Waals surface area (Å²) in [5, 5.41) is -0.167. The average Bonchev–Trinajstić information content (AvgIpc) is 2.16. The predicted molar refractivity (Wildman–Crippen MR) is 66.4 cm³/mol. The highest BCUT2D eigenvalue weighted by Gasteiger charge is 2.19. The van der Waals surface area contributed by atoms with Crippen molar-refractivity contribution in [2.75, 3.05) is 13.6 Å². The Labute approximate surface area is 108 Å². The van der Waals surface area contributed by atoms with Crippen molar-refractivity contribution < 1.29 is 9.18 Å². The first-order valence-corrected chi connectivity index (χ1v) is 6.00. The summed E-state index contributed by atoms with van der Waals surface area (Å²) in [7, 11) is 1.60. The quantitative estimate of drug-likeness (QED) is 0.785. The lowest BCUT2D eigenvalue weighted by Gasteiger charge is -2.19. The highest BCUT2D eigenvalue weighted by Crippen LogP contribution is 2.21. The largest absolute Gasteiger partial charge is 0.340 e. The topological polar surface area (TPSA) is 20.3 Å².